The molecule has 0 saturated carbocycles. The Labute approximate surface area is 157 Å². The molecule has 0 aliphatic carbocycles. The van der Waals surface area contributed by atoms with Gasteiger partial charge in [0.05, 0.1) is 11.8 Å². The first-order valence-corrected chi connectivity index (χ1v) is 9.12. The fraction of sp³-hybridized carbons (Fsp3) is 0.350. The third-order valence-electron chi connectivity index (χ3n) is 5.12. The summed E-state index contributed by atoms with van der Waals surface area (Å²) in [4.78, 5) is 18.9. The topological polar surface area (TPSA) is 98.4 Å². The number of aromatic nitrogens is 2. The second kappa shape index (κ2) is 7.75. The number of rotatable bonds is 6. The maximum atomic E-state index is 12.7. The number of hydrogen-bond donors (Lipinski definition) is 1. The van der Waals surface area contributed by atoms with Crippen molar-refractivity contribution in [1.82, 2.24) is 15.0 Å². The highest BCUT2D eigenvalue weighted by atomic mass is 16.5. The molecule has 2 aromatic heterocycles. The van der Waals surface area contributed by atoms with E-state index < -0.39 is 0 Å². The van der Waals surface area contributed by atoms with Crippen molar-refractivity contribution < 1.29 is 13.7 Å². The first-order valence-electron chi connectivity index (χ1n) is 9.12. The van der Waals surface area contributed by atoms with E-state index in [1.165, 1.54) is 5.56 Å². The number of likely N-dealkylation sites (tertiary alicyclic amines) is 1. The largest absolute Gasteiger partial charge is 0.472 e. The third-order valence-corrected chi connectivity index (χ3v) is 5.12. The van der Waals surface area contributed by atoms with E-state index in [1.54, 1.807) is 18.6 Å². The fourth-order valence-electron chi connectivity index (χ4n) is 3.63. The van der Waals surface area contributed by atoms with E-state index in [9.17, 15) is 4.79 Å². The molecular formula is C20H22N4O3. The Morgan fingerprint density at radius 2 is 2.07 bits per heavy atom. The van der Waals surface area contributed by atoms with Gasteiger partial charge in [0.1, 0.15) is 6.26 Å². The lowest BCUT2D eigenvalue weighted by Gasteiger charge is -2.16. The van der Waals surface area contributed by atoms with Crippen LogP contribution in [0.15, 0.2) is 57.9 Å². The standard InChI is InChI=1S/C20H22N4O3/c21-10-16-11-24(12-17(16)14-4-2-1-3-5-14)19(25)7-6-18-22-20(23-27-18)15-8-9-26-13-15/h1-5,8-9,13,16-17H,6-7,10-12,21H2/t16-,17+/m1/s1. The zero-order valence-corrected chi connectivity index (χ0v) is 15.0. The summed E-state index contributed by atoms with van der Waals surface area (Å²) in [7, 11) is 0. The Morgan fingerprint density at radius 3 is 2.81 bits per heavy atom. The zero-order valence-electron chi connectivity index (χ0n) is 15.0. The predicted octanol–water partition coefficient (Wildman–Crippen LogP) is 2.46. The van der Waals surface area contributed by atoms with E-state index in [-0.39, 0.29) is 17.7 Å². The number of aryl methyl sites for hydroxylation is 1. The van der Waals surface area contributed by atoms with E-state index in [0.29, 0.717) is 44.2 Å². The van der Waals surface area contributed by atoms with E-state index in [1.807, 2.05) is 23.1 Å². The van der Waals surface area contributed by atoms with Crippen molar-refractivity contribution in [2.45, 2.75) is 18.8 Å². The molecule has 1 amide bonds. The Bertz CT molecular complexity index is 876. The lowest BCUT2D eigenvalue weighted by Crippen LogP contribution is -2.30. The van der Waals surface area contributed by atoms with Gasteiger partial charge in [0, 0.05) is 31.8 Å². The van der Waals surface area contributed by atoms with Gasteiger partial charge in [0.25, 0.3) is 0 Å². The summed E-state index contributed by atoms with van der Waals surface area (Å²) in [5.41, 5.74) is 7.96. The molecule has 7 nitrogen and oxygen atoms in total. The molecule has 4 rings (SSSR count). The van der Waals surface area contributed by atoms with E-state index in [0.717, 1.165) is 5.56 Å². The lowest BCUT2D eigenvalue weighted by molar-refractivity contribution is -0.130. The average Bonchev–Trinajstić information content (AvgIpc) is 3.46. The van der Waals surface area contributed by atoms with Crippen LogP contribution >= 0.6 is 0 Å². The molecular weight excluding hydrogens is 344 g/mol. The maximum Gasteiger partial charge on any atom is 0.227 e. The molecule has 1 fully saturated rings. The summed E-state index contributed by atoms with van der Waals surface area (Å²) in [6.07, 6.45) is 3.87. The van der Waals surface area contributed by atoms with Crippen molar-refractivity contribution in [2.75, 3.05) is 19.6 Å². The number of carbonyl (C=O) groups is 1. The molecule has 0 spiro atoms. The molecule has 7 heteroatoms. The minimum absolute atomic E-state index is 0.0925. The molecule has 2 atom stereocenters. The highest BCUT2D eigenvalue weighted by molar-refractivity contribution is 5.76. The van der Waals surface area contributed by atoms with E-state index in [2.05, 4.69) is 22.3 Å². The van der Waals surface area contributed by atoms with E-state index in [4.69, 9.17) is 14.7 Å². The molecule has 140 valence electrons. The van der Waals surface area contributed by atoms with Gasteiger partial charge >= 0.3 is 0 Å². The van der Waals surface area contributed by atoms with Crippen LogP contribution in [0.5, 0.6) is 0 Å². The smallest absolute Gasteiger partial charge is 0.227 e. The SMILES string of the molecule is NC[C@@H]1CN(C(=O)CCc2nc(-c3ccoc3)no2)C[C@H]1c1ccccc1. The molecule has 3 aromatic rings. The number of nitrogens with two attached hydrogens (primary N) is 1. The van der Waals surface area contributed by atoms with Crippen molar-refractivity contribution in [3.05, 3.63) is 60.4 Å². The zero-order chi connectivity index (χ0) is 18.6. The number of amides is 1. The van der Waals surface area contributed by atoms with E-state index >= 15 is 0 Å². The Balaban J connectivity index is 1.36. The summed E-state index contributed by atoms with van der Waals surface area (Å²) in [5, 5.41) is 3.92. The van der Waals surface area contributed by atoms with Gasteiger partial charge in [-0.2, -0.15) is 4.98 Å². The number of carbonyl (C=O) groups excluding carboxylic acids is 1. The highest BCUT2D eigenvalue weighted by Gasteiger charge is 2.35. The molecule has 0 unspecified atom stereocenters. The molecule has 27 heavy (non-hydrogen) atoms. The van der Waals surface area contributed by atoms with Crippen molar-refractivity contribution in [3.8, 4) is 11.4 Å². The van der Waals surface area contributed by atoms with Gasteiger partial charge in [-0.15, -0.1) is 0 Å². The van der Waals surface area contributed by atoms with Gasteiger partial charge in [0.2, 0.25) is 17.6 Å². The molecule has 3 heterocycles. The van der Waals surface area contributed by atoms with Crippen LogP contribution in [-0.4, -0.2) is 40.6 Å². The molecule has 1 aromatic carbocycles. The van der Waals surface area contributed by atoms with Crippen LogP contribution in [0.1, 0.15) is 23.8 Å². The average molecular weight is 366 g/mol. The highest BCUT2D eigenvalue weighted by Crippen LogP contribution is 2.32. The molecule has 1 saturated heterocycles. The summed E-state index contributed by atoms with van der Waals surface area (Å²) in [6.45, 7) is 1.97. The van der Waals surface area contributed by atoms with Crippen LogP contribution in [0.2, 0.25) is 0 Å². The van der Waals surface area contributed by atoms with Gasteiger partial charge in [-0.3, -0.25) is 4.79 Å². The summed E-state index contributed by atoms with van der Waals surface area (Å²) in [5.74, 6) is 1.59. The molecule has 1 aliphatic heterocycles. The van der Waals surface area contributed by atoms with Gasteiger partial charge in [-0.25, -0.2) is 0 Å². The van der Waals surface area contributed by atoms with Gasteiger partial charge < -0.3 is 19.6 Å². The first-order chi connectivity index (χ1) is 13.2. The summed E-state index contributed by atoms with van der Waals surface area (Å²) < 4.78 is 10.3. The number of hydrogen-bond acceptors (Lipinski definition) is 6. The maximum absolute atomic E-state index is 12.7. The van der Waals surface area contributed by atoms with Crippen LogP contribution in [0.4, 0.5) is 0 Å². The Hall–Kier alpha value is -2.93. The summed E-state index contributed by atoms with van der Waals surface area (Å²) >= 11 is 0. The minimum atomic E-state index is 0.0925. The number of furan rings is 1. The van der Waals surface area contributed by atoms with Crippen LogP contribution < -0.4 is 5.73 Å². The van der Waals surface area contributed by atoms with Gasteiger partial charge in [0.15, 0.2) is 0 Å². The third kappa shape index (κ3) is 3.78. The Kier molecular flexibility index (Phi) is 5.02. The molecule has 0 radical (unpaired) electrons. The van der Waals surface area contributed by atoms with Crippen LogP contribution in [0, 0.1) is 5.92 Å². The van der Waals surface area contributed by atoms with Crippen molar-refractivity contribution >= 4 is 5.91 Å². The molecule has 2 N–H and O–H groups in total. The second-order valence-corrected chi connectivity index (χ2v) is 6.84. The lowest BCUT2D eigenvalue weighted by atomic mass is 9.89. The fourth-order valence-corrected chi connectivity index (χ4v) is 3.63. The minimum Gasteiger partial charge on any atom is -0.472 e. The number of benzene rings is 1. The first kappa shape index (κ1) is 17.5. The molecule has 0 bridgehead atoms. The second-order valence-electron chi connectivity index (χ2n) is 6.84. The van der Waals surface area contributed by atoms with Crippen molar-refractivity contribution in [2.24, 2.45) is 11.7 Å². The van der Waals surface area contributed by atoms with Crippen LogP contribution in [0.25, 0.3) is 11.4 Å². The van der Waals surface area contributed by atoms with Crippen molar-refractivity contribution in [1.29, 1.82) is 0 Å². The number of nitrogens with zero attached hydrogens (tertiary/aromatic N) is 3. The van der Waals surface area contributed by atoms with Gasteiger partial charge in [-0.1, -0.05) is 35.5 Å². The Morgan fingerprint density at radius 1 is 1.22 bits per heavy atom. The van der Waals surface area contributed by atoms with Gasteiger partial charge in [-0.05, 0) is 24.1 Å². The van der Waals surface area contributed by atoms with Crippen LogP contribution in [0.3, 0.4) is 0 Å². The monoisotopic (exact) mass is 366 g/mol. The molecule has 1 aliphatic rings. The normalized spacial score (nSPS) is 19.5. The van der Waals surface area contributed by atoms with Crippen molar-refractivity contribution in [3.63, 3.8) is 0 Å². The van der Waals surface area contributed by atoms with Crippen LogP contribution in [-0.2, 0) is 11.2 Å². The summed E-state index contributed by atoms with van der Waals surface area (Å²) in [6, 6.07) is 12.0. The quantitative estimate of drug-likeness (QED) is 0.719. The predicted molar refractivity (Wildman–Crippen MR) is 98.6 cm³/mol.